The lowest BCUT2D eigenvalue weighted by atomic mass is 10.1. The molecule has 0 saturated heterocycles. The number of hydrogen-bond acceptors (Lipinski definition) is 6. The van der Waals surface area contributed by atoms with Crippen LogP contribution >= 0.6 is 0 Å². The first-order chi connectivity index (χ1) is 16.3. The molecule has 1 aliphatic heterocycles. The van der Waals surface area contributed by atoms with Gasteiger partial charge in [0.05, 0.1) is 12.2 Å². The van der Waals surface area contributed by atoms with E-state index < -0.39 is 23.8 Å². The molecule has 2 amide bonds. The van der Waals surface area contributed by atoms with Crippen molar-refractivity contribution in [3.05, 3.63) is 71.6 Å². The number of aromatic nitrogens is 3. The number of likely N-dealkylation sites (N-methyl/N-ethyl adjacent to an activating group) is 1. The van der Waals surface area contributed by atoms with Crippen molar-refractivity contribution in [3.63, 3.8) is 0 Å². The normalized spacial score (nSPS) is 15.3. The summed E-state index contributed by atoms with van der Waals surface area (Å²) in [5.41, 5.74) is 1.63. The Kier molecular flexibility index (Phi) is 6.53. The summed E-state index contributed by atoms with van der Waals surface area (Å²) in [7, 11) is 1.55. The molecule has 1 aliphatic rings. The highest BCUT2D eigenvalue weighted by Crippen LogP contribution is 2.32. The van der Waals surface area contributed by atoms with Crippen molar-refractivity contribution in [2.75, 3.05) is 18.6 Å². The number of ether oxygens (including phenoxy) is 1. The summed E-state index contributed by atoms with van der Waals surface area (Å²) in [5.74, 6) is -2.10. The predicted octanol–water partition coefficient (Wildman–Crippen LogP) is 1.64. The summed E-state index contributed by atoms with van der Waals surface area (Å²) in [6, 6.07) is 10.3. The van der Waals surface area contributed by atoms with Crippen molar-refractivity contribution in [1.82, 2.24) is 20.1 Å². The minimum Gasteiger partial charge on any atom is -0.489 e. The molecule has 2 aromatic carbocycles. The summed E-state index contributed by atoms with van der Waals surface area (Å²) in [6.07, 6.45) is 1.59. The van der Waals surface area contributed by atoms with E-state index >= 15 is 0 Å². The van der Waals surface area contributed by atoms with Gasteiger partial charge in [0.2, 0.25) is 5.82 Å². The molecule has 0 spiro atoms. The standard InChI is InChI=1S/C23H22FN5O5/c1-28-18-10-14(7-9-20(30)31)6-8-19(18)34-12-17(23(28)33)26-22(32)21-25-13-29(27-21)11-15-4-2-3-5-16(15)24/h2-6,8,10,13,17H,7,9,11-12H2,1H3,(H,26,32)(H,30,31)/t17-/m1/s1. The molecule has 176 valence electrons. The fraction of sp³-hybridized carbons (Fsp3) is 0.261. The summed E-state index contributed by atoms with van der Waals surface area (Å²) in [5, 5.41) is 15.6. The largest absolute Gasteiger partial charge is 0.489 e. The highest BCUT2D eigenvalue weighted by Gasteiger charge is 2.31. The van der Waals surface area contributed by atoms with Gasteiger partial charge >= 0.3 is 5.97 Å². The van der Waals surface area contributed by atoms with E-state index in [1.807, 2.05) is 0 Å². The van der Waals surface area contributed by atoms with Gasteiger partial charge in [0, 0.05) is 19.0 Å². The molecule has 2 heterocycles. The molecule has 10 nitrogen and oxygen atoms in total. The Labute approximate surface area is 194 Å². The molecule has 11 heteroatoms. The monoisotopic (exact) mass is 467 g/mol. The summed E-state index contributed by atoms with van der Waals surface area (Å²) in [6.45, 7) is -0.00694. The molecule has 3 aromatic rings. The second-order valence-electron chi connectivity index (χ2n) is 7.79. The number of carbonyl (C=O) groups is 3. The highest BCUT2D eigenvalue weighted by molar-refractivity contribution is 6.02. The minimum atomic E-state index is -0.995. The van der Waals surface area contributed by atoms with Crippen molar-refractivity contribution < 1.29 is 28.6 Å². The number of aryl methyl sites for hydroxylation is 1. The lowest BCUT2D eigenvalue weighted by molar-refractivity contribution is -0.137. The molecular formula is C23H22FN5O5. The van der Waals surface area contributed by atoms with Gasteiger partial charge in [-0.1, -0.05) is 24.3 Å². The first kappa shape index (κ1) is 22.9. The van der Waals surface area contributed by atoms with Crippen LogP contribution in [0.15, 0.2) is 48.8 Å². The second kappa shape index (κ2) is 9.69. The SMILES string of the molecule is CN1C(=O)[C@H](NC(=O)c2ncn(Cc3ccccc3F)n2)COc2ccc(CCC(=O)O)cc21. The quantitative estimate of drug-likeness (QED) is 0.541. The molecule has 4 rings (SSSR count). The summed E-state index contributed by atoms with van der Waals surface area (Å²) < 4.78 is 20.9. The smallest absolute Gasteiger partial charge is 0.303 e. The third-order valence-electron chi connectivity index (χ3n) is 5.38. The molecule has 34 heavy (non-hydrogen) atoms. The van der Waals surface area contributed by atoms with E-state index in [-0.39, 0.29) is 31.2 Å². The summed E-state index contributed by atoms with van der Waals surface area (Å²) in [4.78, 5) is 41.8. The molecule has 0 fully saturated rings. The van der Waals surface area contributed by atoms with Crippen LogP contribution in [0.2, 0.25) is 0 Å². The third kappa shape index (κ3) is 5.03. The summed E-state index contributed by atoms with van der Waals surface area (Å²) >= 11 is 0. The number of nitrogens with zero attached hydrogens (tertiary/aromatic N) is 4. The Bertz CT molecular complexity index is 1240. The van der Waals surface area contributed by atoms with Crippen molar-refractivity contribution in [2.45, 2.75) is 25.4 Å². The molecule has 0 saturated carbocycles. The number of benzene rings is 2. The molecule has 1 atom stereocenters. The molecule has 0 aliphatic carbocycles. The lowest BCUT2D eigenvalue weighted by Crippen LogP contribution is -2.49. The zero-order valence-electron chi connectivity index (χ0n) is 18.3. The van der Waals surface area contributed by atoms with E-state index in [4.69, 9.17) is 9.84 Å². The Morgan fingerprint density at radius 3 is 2.82 bits per heavy atom. The van der Waals surface area contributed by atoms with Crippen LogP contribution in [-0.2, 0) is 22.6 Å². The average molecular weight is 467 g/mol. The fourth-order valence-electron chi connectivity index (χ4n) is 3.55. The van der Waals surface area contributed by atoms with Gasteiger partial charge in [-0.3, -0.25) is 14.4 Å². The lowest BCUT2D eigenvalue weighted by Gasteiger charge is -2.20. The first-order valence-corrected chi connectivity index (χ1v) is 10.5. The van der Waals surface area contributed by atoms with Crippen molar-refractivity contribution >= 4 is 23.5 Å². The van der Waals surface area contributed by atoms with Crippen LogP contribution in [0, 0.1) is 5.82 Å². The van der Waals surface area contributed by atoms with E-state index in [9.17, 15) is 18.8 Å². The van der Waals surface area contributed by atoms with E-state index in [2.05, 4.69) is 15.4 Å². The van der Waals surface area contributed by atoms with E-state index in [0.29, 0.717) is 23.4 Å². The Morgan fingerprint density at radius 2 is 2.06 bits per heavy atom. The number of fused-ring (bicyclic) bond motifs is 1. The topological polar surface area (TPSA) is 127 Å². The molecule has 0 radical (unpaired) electrons. The highest BCUT2D eigenvalue weighted by atomic mass is 19.1. The molecule has 2 N–H and O–H groups in total. The maximum Gasteiger partial charge on any atom is 0.303 e. The molecule has 0 bridgehead atoms. The van der Waals surface area contributed by atoms with Crippen molar-refractivity contribution in [2.24, 2.45) is 0 Å². The van der Waals surface area contributed by atoms with Gasteiger partial charge in [-0.25, -0.2) is 14.1 Å². The van der Waals surface area contributed by atoms with E-state index in [1.165, 1.54) is 22.0 Å². The number of halogens is 1. The maximum absolute atomic E-state index is 13.9. The first-order valence-electron chi connectivity index (χ1n) is 10.5. The number of carboxylic acid groups (broad SMARTS) is 1. The number of carbonyl (C=O) groups excluding carboxylic acids is 2. The van der Waals surface area contributed by atoms with Crippen molar-refractivity contribution in [3.8, 4) is 5.75 Å². The van der Waals surface area contributed by atoms with Crippen LogP contribution in [0.3, 0.4) is 0 Å². The van der Waals surface area contributed by atoms with Crippen LogP contribution in [0.25, 0.3) is 0 Å². The number of hydrogen-bond donors (Lipinski definition) is 2. The zero-order chi connectivity index (χ0) is 24.2. The molecule has 0 unspecified atom stereocenters. The maximum atomic E-state index is 13.9. The van der Waals surface area contributed by atoms with Gasteiger partial charge in [-0.15, -0.1) is 5.10 Å². The Morgan fingerprint density at radius 1 is 1.26 bits per heavy atom. The third-order valence-corrected chi connectivity index (χ3v) is 5.38. The predicted molar refractivity (Wildman–Crippen MR) is 118 cm³/mol. The van der Waals surface area contributed by atoms with Crippen LogP contribution in [-0.4, -0.2) is 57.4 Å². The number of amides is 2. The molecule has 1 aromatic heterocycles. The Balaban J connectivity index is 1.43. The molecular weight excluding hydrogens is 445 g/mol. The van der Waals surface area contributed by atoms with Gasteiger partial charge in [0.1, 0.15) is 30.5 Å². The fourth-order valence-corrected chi connectivity index (χ4v) is 3.55. The van der Waals surface area contributed by atoms with Crippen LogP contribution in [0.4, 0.5) is 10.1 Å². The van der Waals surface area contributed by atoms with Crippen LogP contribution < -0.4 is 15.0 Å². The van der Waals surface area contributed by atoms with E-state index in [0.717, 1.165) is 5.56 Å². The number of anilines is 1. The van der Waals surface area contributed by atoms with E-state index in [1.54, 1.807) is 43.4 Å². The second-order valence-corrected chi connectivity index (χ2v) is 7.79. The number of nitrogens with one attached hydrogen (secondary N) is 1. The minimum absolute atomic E-state index is 0.0352. The number of carboxylic acids is 1. The zero-order valence-corrected chi connectivity index (χ0v) is 18.3. The number of rotatable bonds is 7. The van der Waals surface area contributed by atoms with Gasteiger partial charge in [0.25, 0.3) is 11.8 Å². The van der Waals surface area contributed by atoms with Gasteiger partial charge in [-0.2, -0.15) is 0 Å². The van der Waals surface area contributed by atoms with Gasteiger partial charge in [0.15, 0.2) is 0 Å². The van der Waals surface area contributed by atoms with Crippen molar-refractivity contribution in [1.29, 1.82) is 0 Å². The van der Waals surface area contributed by atoms with Gasteiger partial charge < -0.3 is 20.1 Å². The Hall–Kier alpha value is -4.28. The van der Waals surface area contributed by atoms with Crippen LogP contribution in [0.1, 0.15) is 28.2 Å². The number of aliphatic carboxylic acids is 1. The van der Waals surface area contributed by atoms with Gasteiger partial charge in [-0.05, 0) is 30.2 Å². The average Bonchev–Trinajstić information content (AvgIpc) is 3.25. The van der Waals surface area contributed by atoms with Crippen LogP contribution in [0.5, 0.6) is 5.75 Å².